The molecule has 0 saturated carbocycles. The van der Waals surface area contributed by atoms with Gasteiger partial charge >= 0.3 is 0 Å². The monoisotopic (exact) mass is 552 g/mol. The Bertz CT molecular complexity index is 1490. The summed E-state index contributed by atoms with van der Waals surface area (Å²) in [6.45, 7) is 12.5. The molecule has 0 aliphatic carbocycles. The molecule has 2 aromatic heterocycles. The standard InChI is InChI=1S/C29H36N4O3S2/c1-21-5-7-25(8-6-21)27-19-33-26(20-37-29(33)30-27)9-10-32(12-11-31-13-15-36-16-14-31)38(34,35)28-23(3)17-22(2)18-24(28)4/h5-8,17-20H,9-16H2,1-4H3. The molecular formula is C29H36N4O3S2. The van der Waals surface area contributed by atoms with Crippen molar-refractivity contribution in [3.8, 4) is 11.3 Å². The molecule has 0 bridgehead atoms. The number of sulfonamides is 1. The highest BCUT2D eigenvalue weighted by atomic mass is 32.2. The van der Waals surface area contributed by atoms with Crippen LogP contribution < -0.4 is 0 Å². The van der Waals surface area contributed by atoms with Gasteiger partial charge in [0.1, 0.15) is 0 Å². The van der Waals surface area contributed by atoms with Crippen LogP contribution in [0.25, 0.3) is 16.2 Å². The lowest BCUT2D eigenvalue weighted by molar-refractivity contribution is 0.0363. The first kappa shape index (κ1) is 27.0. The zero-order valence-electron chi connectivity index (χ0n) is 22.6. The van der Waals surface area contributed by atoms with Crippen molar-refractivity contribution in [1.29, 1.82) is 0 Å². The highest BCUT2D eigenvalue weighted by Gasteiger charge is 2.29. The Morgan fingerprint density at radius 2 is 1.66 bits per heavy atom. The Morgan fingerprint density at radius 1 is 0.974 bits per heavy atom. The zero-order chi connectivity index (χ0) is 26.9. The molecule has 1 aliphatic heterocycles. The highest BCUT2D eigenvalue weighted by Crippen LogP contribution is 2.27. The Hall–Kier alpha value is -2.56. The molecule has 0 radical (unpaired) electrons. The smallest absolute Gasteiger partial charge is 0.243 e. The summed E-state index contributed by atoms with van der Waals surface area (Å²) in [6.07, 6.45) is 2.67. The van der Waals surface area contributed by atoms with E-state index in [2.05, 4.69) is 52.1 Å². The van der Waals surface area contributed by atoms with Gasteiger partial charge in [-0.15, -0.1) is 11.3 Å². The van der Waals surface area contributed by atoms with Gasteiger partial charge in [0, 0.05) is 62.0 Å². The molecular weight excluding hydrogens is 516 g/mol. The Labute approximate surface area is 229 Å². The summed E-state index contributed by atoms with van der Waals surface area (Å²) < 4.78 is 37.4. The van der Waals surface area contributed by atoms with E-state index >= 15 is 0 Å². The predicted molar refractivity (Wildman–Crippen MR) is 154 cm³/mol. The van der Waals surface area contributed by atoms with Crippen LogP contribution in [0.2, 0.25) is 0 Å². The second-order valence-corrected chi connectivity index (χ2v) is 12.9. The van der Waals surface area contributed by atoms with Gasteiger partial charge in [0.15, 0.2) is 4.96 Å². The summed E-state index contributed by atoms with van der Waals surface area (Å²) in [5.41, 5.74) is 6.97. The lowest BCUT2D eigenvalue weighted by atomic mass is 10.1. The van der Waals surface area contributed by atoms with Gasteiger partial charge in [0.25, 0.3) is 0 Å². The minimum absolute atomic E-state index is 0.406. The summed E-state index contributed by atoms with van der Waals surface area (Å²) in [4.78, 5) is 8.46. The molecule has 0 atom stereocenters. The third kappa shape index (κ3) is 5.72. The largest absolute Gasteiger partial charge is 0.379 e. The Morgan fingerprint density at radius 3 is 2.34 bits per heavy atom. The van der Waals surface area contributed by atoms with E-state index in [1.807, 2.05) is 32.9 Å². The van der Waals surface area contributed by atoms with Gasteiger partial charge in [-0.3, -0.25) is 9.30 Å². The van der Waals surface area contributed by atoms with Crippen LogP contribution in [-0.2, 0) is 21.2 Å². The van der Waals surface area contributed by atoms with E-state index in [0.717, 1.165) is 51.7 Å². The van der Waals surface area contributed by atoms with Gasteiger partial charge in [0.05, 0.1) is 23.8 Å². The fraction of sp³-hybridized carbons (Fsp3) is 0.414. The quantitative estimate of drug-likeness (QED) is 0.297. The molecule has 1 fully saturated rings. The van der Waals surface area contributed by atoms with Crippen molar-refractivity contribution in [2.45, 2.75) is 39.0 Å². The fourth-order valence-corrected chi connectivity index (χ4v) is 8.00. The number of ether oxygens (including phenoxy) is 1. The van der Waals surface area contributed by atoms with Crippen molar-refractivity contribution in [3.05, 3.63) is 75.9 Å². The number of nitrogens with zero attached hydrogens (tertiary/aromatic N) is 4. The molecule has 1 saturated heterocycles. The molecule has 4 aromatic rings. The molecule has 0 unspecified atom stereocenters. The van der Waals surface area contributed by atoms with Crippen molar-refractivity contribution < 1.29 is 13.2 Å². The molecule has 1 aliphatic rings. The predicted octanol–water partition coefficient (Wildman–Crippen LogP) is 4.86. The lowest BCUT2D eigenvalue weighted by Crippen LogP contribution is -2.43. The molecule has 38 heavy (non-hydrogen) atoms. The molecule has 5 rings (SSSR count). The first-order valence-corrected chi connectivity index (χ1v) is 15.4. The summed E-state index contributed by atoms with van der Waals surface area (Å²) in [6, 6.07) is 12.3. The van der Waals surface area contributed by atoms with E-state index in [0.29, 0.717) is 44.2 Å². The van der Waals surface area contributed by atoms with Crippen LogP contribution >= 0.6 is 11.3 Å². The number of morpholine rings is 1. The second kappa shape index (κ2) is 11.3. The van der Waals surface area contributed by atoms with Gasteiger partial charge in [-0.25, -0.2) is 13.4 Å². The van der Waals surface area contributed by atoms with Crippen molar-refractivity contribution in [3.63, 3.8) is 0 Å². The minimum Gasteiger partial charge on any atom is -0.379 e. The third-order valence-corrected chi connectivity index (χ3v) is 10.3. The van der Waals surface area contributed by atoms with Gasteiger partial charge in [-0.1, -0.05) is 47.5 Å². The van der Waals surface area contributed by atoms with Gasteiger partial charge in [-0.2, -0.15) is 4.31 Å². The summed E-state index contributed by atoms with van der Waals surface area (Å²) in [5, 5.41) is 2.09. The molecule has 0 spiro atoms. The number of benzene rings is 2. The number of hydrogen-bond donors (Lipinski definition) is 0. The van der Waals surface area contributed by atoms with Gasteiger partial charge < -0.3 is 4.74 Å². The van der Waals surface area contributed by atoms with E-state index in [9.17, 15) is 8.42 Å². The SMILES string of the molecule is Cc1ccc(-c2cn3c(CCN(CCN4CCOCC4)S(=O)(=O)c4c(C)cc(C)cc4C)csc3n2)cc1. The number of fused-ring (bicyclic) bond motifs is 1. The molecule has 0 amide bonds. The average Bonchev–Trinajstić information content (AvgIpc) is 3.45. The van der Waals surface area contributed by atoms with Crippen molar-refractivity contribution >= 4 is 26.3 Å². The normalized spacial score (nSPS) is 15.1. The van der Waals surface area contributed by atoms with Gasteiger partial charge in [0.2, 0.25) is 10.0 Å². The Balaban J connectivity index is 1.40. The molecule has 7 nitrogen and oxygen atoms in total. The third-order valence-electron chi connectivity index (χ3n) is 7.22. The molecule has 3 heterocycles. The lowest BCUT2D eigenvalue weighted by Gasteiger charge is -2.30. The molecule has 2 aromatic carbocycles. The second-order valence-electron chi connectivity index (χ2n) is 10.2. The van der Waals surface area contributed by atoms with E-state index in [1.54, 1.807) is 15.6 Å². The van der Waals surface area contributed by atoms with E-state index in [-0.39, 0.29) is 0 Å². The first-order valence-electron chi connectivity index (χ1n) is 13.1. The van der Waals surface area contributed by atoms with Crippen molar-refractivity contribution in [2.75, 3.05) is 45.9 Å². The highest BCUT2D eigenvalue weighted by molar-refractivity contribution is 7.89. The van der Waals surface area contributed by atoms with E-state index in [4.69, 9.17) is 9.72 Å². The number of rotatable bonds is 9. The first-order chi connectivity index (χ1) is 18.2. The van der Waals surface area contributed by atoms with Crippen LogP contribution in [0, 0.1) is 27.7 Å². The number of imidazole rings is 1. The number of aryl methyl sites for hydroxylation is 4. The minimum atomic E-state index is -3.67. The van der Waals surface area contributed by atoms with Crippen LogP contribution in [0.1, 0.15) is 27.9 Å². The zero-order valence-corrected chi connectivity index (χ0v) is 24.2. The summed E-state index contributed by atoms with van der Waals surface area (Å²) in [7, 11) is -3.67. The van der Waals surface area contributed by atoms with Crippen molar-refractivity contribution in [2.24, 2.45) is 0 Å². The molecule has 9 heteroatoms. The fourth-order valence-electron chi connectivity index (χ4n) is 5.24. The van der Waals surface area contributed by atoms with E-state index in [1.165, 1.54) is 5.56 Å². The van der Waals surface area contributed by atoms with Gasteiger partial charge in [-0.05, 0) is 38.8 Å². The van der Waals surface area contributed by atoms with Crippen LogP contribution in [0.4, 0.5) is 0 Å². The number of aromatic nitrogens is 2. The Kier molecular flexibility index (Phi) is 8.02. The van der Waals surface area contributed by atoms with E-state index < -0.39 is 10.0 Å². The van der Waals surface area contributed by atoms with Crippen LogP contribution in [0.5, 0.6) is 0 Å². The van der Waals surface area contributed by atoms with Crippen LogP contribution in [-0.4, -0.2) is 72.9 Å². The maximum Gasteiger partial charge on any atom is 0.243 e. The average molecular weight is 553 g/mol. The molecule has 202 valence electrons. The number of hydrogen-bond acceptors (Lipinski definition) is 6. The van der Waals surface area contributed by atoms with Crippen LogP contribution in [0.15, 0.2) is 52.9 Å². The molecule has 0 N–H and O–H groups in total. The topological polar surface area (TPSA) is 67.2 Å². The van der Waals surface area contributed by atoms with Crippen LogP contribution in [0.3, 0.4) is 0 Å². The number of thiazole rings is 1. The van der Waals surface area contributed by atoms with Crippen molar-refractivity contribution in [1.82, 2.24) is 18.6 Å². The maximum absolute atomic E-state index is 14.1. The summed E-state index contributed by atoms with van der Waals surface area (Å²) in [5.74, 6) is 0. The maximum atomic E-state index is 14.1. The summed E-state index contributed by atoms with van der Waals surface area (Å²) >= 11 is 1.59.